The molecule has 0 saturated heterocycles. The molecule has 2 unspecified atom stereocenters. The molecule has 1 nitrogen and oxygen atoms in total. The quantitative estimate of drug-likeness (QED) is 0.594. The Balaban J connectivity index is 2.23. The average molecular weight is 168 g/mol. The van der Waals surface area contributed by atoms with Gasteiger partial charge in [-0.2, -0.15) is 0 Å². The maximum Gasteiger partial charge on any atom is 0.210 e. The summed E-state index contributed by atoms with van der Waals surface area (Å²) in [5.41, 5.74) is 0. The van der Waals surface area contributed by atoms with Gasteiger partial charge in [-0.1, -0.05) is 11.3 Å². The van der Waals surface area contributed by atoms with Gasteiger partial charge < -0.3 is 4.80 Å². The van der Waals surface area contributed by atoms with Crippen LogP contribution in [0.15, 0.2) is 11.3 Å². The van der Waals surface area contributed by atoms with Crippen LogP contribution in [0.3, 0.4) is 0 Å². The molecule has 0 aromatic heterocycles. The van der Waals surface area contributed by atoms with E-state index in [1.54, 1.807) is 0 Å². The lowest BCUT2D eigenvalue weighted by molar-refractivity contribution is 0.543. The summed E-state index contributed by atoms with van der Waals surface area (Å²) in [4.78, 5) is 9.91. The molecule has 1 N–H and O–H groups in total. The van der Waals surface area contributed by atoms with E-state index in [1.807, 2.05) is 13.1 Å². The molecule has 0 aromatic rings. The highest BCUT2D eigenvalue weighted by molar-refractivity contribution is 6.77. The van der Waals surface area contributed by atoms with E-state index in [9.17, 15) is 4.80 Å². The van der Waals surface area contributed by atoms with E-state index >= 15 is 0 Å². The van der Waals surface area contributed by atoms with E-state index in [0.717, 1.165) is 11.8 Å². The zero-order valence-electron chi connectivity index (χ0n) is 7.30. The second kappa shape index (κ2) is 2.20. The fourth-order valence-electron chi connectivity index (χ4n) is 2.54. The number of allylic oxidation sites excluding steroid dienone is 2. The molecule has 0 radical (unpaired) electrons. The summed E-state index contributed by atoms with van der Waals surface area (Å²) in [6, 6.07) is 0. The number of rotatable bonds is 1. The minimum atomic E-state index is -1.92. The van der Waals surface area contributed by atoms with Crippen LogP contribution in [0.5, 0.6) is 0 Å². The van der Waals surface area contributed by atoms with Crippen molar-refractivity contribution >= 4 is 8.32 Å². The molecule has 0 spiro atoms. The Kier molecular flexibility index (Phi) is 1.51. The first-order valence-corrected chi connectivity index (χ1v) is 7.46. The van der Waals surface area contributed by atoms with E-state index in [0.29, 0.717) is 0 Å². The Morgan fingerprint density at radius 3 is 2.45 bits per heavy atom. The minimum absolute atomic E-state index is 0.770. The topological polar surface area (TPSA) is 20.2 Å². The van der Waals surface area contributed by atoms with Crippen molar-refractivity contribution < 1.29 is 4.80 Å². The fourth-order valence-corrected chi connectivity index (χ4v) is 4.45. The molecule has 2 bridgehead atoms. The first-order chi connectivity index (χ1) is 5.07. The van der Waals surface area contributed by atoms with Gasteiger partial charge in [-0.15, -0.1) is 0 Å². The van der Waals surface area contributed by atoms with E-state index in [1.165, 1.54) is 24.5 Å². The van der Waals surface area contributed by atoms with Crippen molar-refractivity contribution in [2.45, 2.75) is 32.4 Å². The van der Waals surface area contributed by atoms with Gasteiger partial charge in [0.15, 0.2) is 0 Å². The predicted octanol–water partition coefficient (Wildman–Crippen LogP) is 2.08. The molecule has 0 aliphatic heterocycles. The zero-order valence-corrected chi connectivity index (χ0v) is 8.30. The standard InChI is InChI=1S/C9H16OSi/c1-11(2,10)9-6-7-3-4-8(9)5-7/h6-8,10H,3-5H2,1-2H3. The largest absolute Gasteiger partial charge is 0.428 e. The monoisotopic (exact) mass is 168 g/mol. The van der Waals surface area contributed by atoms with E-state index < -0.39 is 8.32 Å². The summed E-state index contributed by atoms with van der Waals surface area (Å²) in [6.07, 6.45) is 6.42. The normalized spacial score (nSPS) is 36.1. The molecule has 1 saturated carbocycles. The minimum Gasteiger partial charge on any atom is -0.428 e. The van der Waals surface area contributed by atoms with Gasteiger partial charge in [0.25, 0.3) is 0 Å². The van der Waals surface area contributed by atoms with Crippen LogP contribution < -0.4 is 0 Å². The third kappa shape index (κ3) is 1.18. The molecule has 0 heterocycles. The highest BCUT2D eigenvalue weighted by atomic mass is 28.4. The molecule has 0 aromatic carbocycles. The van der Waals surface area contributed by atoms with Crippen LogP contribution in [-0.4, -0.2) is 13.1 Å². The molecule has 2 atom stereocenters. The van der Waals surface area contributed by atoms with E-state index in [-0.39, 0.29) is 0 Å². The second-order valence-electron chi connectivity index (χ2n) is 4.45. The Labute approximate surface area is 69.3 Å². The van der Waals surface area contributed by atoms with Gasteiger partial charge in [0.05, 0.1) is 0 Å². The van der Waals surface area contributed by atoms with Gasteiger partial charge in [0.1, 0.15) is 0 Å². The van der Waals surface area contributed by atoms with Crippen LogP contribution in [-0.2, 0) is 0 Å². The van der Waals surface area contributed by atoms with Crippen LogP contribution in [0.1, 0.15) is 19.3 Å². The Morgan fingerprint density at radius 2 is 2.18 bits per heavy atom. The van der Waals surface area contributed by atoms with Crippen molar-refractivity contribution in [3.05, 3.63) is 11.3 Å². The molecule has 11 heavy (non-hydrogen) atoms. The molecule has 62 valence electrons. The van der Waals surface area contributed by atoms with Gasteiger partial charge in [0.2, 0.25) is 8.32 Å². The maximum atomic E-state index is 9.91. The van der Waals surface area contributed by atoms with Crippen molar-refractivity contribution in [1.29, 1.82) is 0 Å². The molecule has 2 aliphatic rings. The zero-order chi connectivity index (χ0) is 8.06. The fraction of sp³-hybridized carbons (Fsp3) is 0.778. The summed E-state index contributed by atoms with van der Waals surface area (Å²) < 4.78 is 0. The summed E-state index contributed by atoms with van der Waals surface area (Å²) in [7, 11) is -1.92. The van der Waals surface area contributed by atoms with Gasteiger partial charge in [-0.05, 0) is 44.2 Å². The lowest BCUT2D eigenvalue weighted by atomic mass is 10.1. The molecule has 2 heteroatoms. The van der Waals surface area contributed by atoms with E-state index in [2.05, 4.69) is 6.08 Å². The lowest BCUT2D eigenvalue weighted by Crippen LogP contribution is -2.31. The Bertz CT molecular complexity index is 202. The number of fused-ring (bicyclic) bond motifs is 2. The Hall–Kier alpha value is -0.0831. The molecule has 2 rings (SSSR count). The van der Waals surface area contributed by atoms with Crippen LogP contribution in [0.2, 0.25) is 13.1 Å². The van der Waals surface area contributed by atoms with Crippen molar-refractivity contribution in [2.75, 3.05) is 0 Å². The van der Waals surface area contributed by atoms with Crippen molar-refractivity contribution in [3.8, 4) is 0 Å². The van der Waals surface area contributed by atoms with Crippen LogP contribution in [0.4, 0.5) is 0 Å². The highest BCUT2D eigenvalue weighted by Gasteiger charge is 2.39. The lowest BCUT2D eigenvalue weighted by Gasteiger charge is -2.22. The predicted molar refractivity (Wildman–Crippen MR) is 48.6 cm³/mol. The SMILES string of the molecule is C[Si](C)(O)C1=CC2CCC1C2. The van der Waals surface area contributed by atoms with Crippen LogP contribution in [0.25, 0.3) is 0 Å². The van der Waals surface area contributed by atoms with E-state index in [4.69, 9.17) is 0 Å². The first-order valence-electron chi connectivity index (χ1n) is 4.52. The molecule has 0 amide bonds. The smallest absolute Gasteiger partial charge is 0.210 e. The van der Waals surface area contributed by atoms with Gasteiger partial charge in [-0.3, -0.25) is 0 Å². The van der Waals surface area contributed by atoms with Crippen LogP contribution in [0, 0.1) is 11.8 Å². The van der Waals surface area contributed by atoms with Crippen molar-refractivity contribution in [2.24, 2.45) is 11.8 Å². The molecular formula is C9H16OSi. The third-order valence-electron chi connectivity index (χ3n) is 3.03. The molecular weight excluding hydrogens is 152 g/mol. The summed E-state index contributed by atoms with van der Waals surface area (Å²) in [5.74, 6) is 1.60. The maximum absolute atomic E-state index is 9.91. The van der Waals surface area contributed by atoms with Gasteiger partial charge in [0, 0.05) is 0 Å². The van der Waals surface area contributed by atoms with Crippen molar-refractivity contribution in [1.82, 2.24) is 0 Å². The van der Waals surface area contributed by atoms with Gasteiger partial charge >= 0.3 is 0 Å². The second-order valence-corrected chi connectivity index (χ2v) is 8.15. The first kappa shape index (κ1) is 7.56. The van der Waals surface area contributed by atoms with Gasteiger partial charge in [-0.25, -0.2) is 0 Å². The summed E-state index contributed by atoms with van der Waals surface area (Å²) in [5, 5.41) is 1.44. The molecule has 1 fully saturated rings. The summed E-state index contributed by atoms with van der Waals surface area (Å²) in [6.45, 7) is 4.08. The van der Waals surface area contributed by atoms with Crippen LogP contribution >= 0.6 is 0 Å². The third-order valence-corrected chi connectivity index (χ3v) is 5.02. The molecule has 2 aliphatic carbocycles. The highest BCUT2D eigenvalue weighted by Crippen LogP contribution is 2.46. The Morgan fingerprint density at radius 1 is 1.45 bits per heavy atom. The summed E-state index contributed by atoms with van der Waals surface area (Å²) >= 11 is 0. The number of hydrogen-bond acceptors (Lipinski definition) is 1. The van der Waals surface area contributed by atoms with Crippen molar-refractivity contribution in [3.63, 3.8) is 0 Å². The number of hydrogen-bond donors (Lipinski definition) is 1. The average Bonchev–Trinajstić information content (AvgIpc) is 2.42.